The SMILES string of the molecule is O=C(NC1(CBr)CCOCC1)c1c(Cl)cccc1Cl. The van der Waals surface area contributed by atoms with Crippen molar-refractivity contribution in [3.05, 3.63) is 33.8 Å². The van der Waals surface area contributed by atoms with Crippen LogP contribution < -0.4 is 5.32 Å². The van der Waals surface area contributed by atoms with Gasteiger partial charge in [-0.15, -0.1) is 0 Å². The van der Waals surface area contributed by atoms with Crippen LogP contribution in [0.25, 0.3) is 0 Å². The van der Waals surface area contributed by atoms with E-state index in [4.69, 9.17) is 27.9 Å². The minimum atomic E-state index is -0.294. The molecule has 1 aliphatic heterocycles. The molecule has 104 valence electrons. The van der Waals surface area contributed by atoms with Crippen LogP contribution in [0.15, 0.2) is 18.2 Å². The summed E-state index contributed by atoms with van der Waals surface area (Å²) in [5.74, 6) is -0.239. The molecular weight excluding hydrogens is 353 g/mol. The van der Waals surface area contributed by atoms with Gasteiger partial charge in [-0.05, 0) is 25.0 Å². The summed E-state index contributed by atoms with van der Waals surface area (Å²) in [6.07, 6.45) is 1.54. The van der Waals surface area contributed by atoms with Gasteiger partial charge in [-0.1, -0.05) is 45.2 Å². The molecular formula is C13H14BrCl2NO2. The monoisotopic (exact) mass is 365 g/mol. The van der Waals surface area contributed by atoms with Crippen LogP contribution >= 0.6 is 39.1 Å². The van der Waals surface area contributed by atoms with E-state index in [1.54, 1.807) is 18.2 Å². The number of benzene rings is 1. The van der Waals surface area contributed by atoms with E-state index in [-0.39, 0.29) is 11.4 Å². The second-order valence-corrected chi connectivity index (χ2v) is 5.95. The maximum absolute atomic E-state index is 12.4. The van der Waals surface area contributed by atoms with Crippen molar-refractivity contribution in [2.75, 3.05) is 18.5 Å². The maximum Gasteiger partial charge on any atom is 0.254 e. The molecule has 6 heteroatoms. The molecule has 2 rings (SSSR count). The van der Waals surface area contributed by atoms with Gasteiger partial charge in [-0.25, -0.2) is 0 Å². The lowest BCUT2D eigenvalue weighted by molar-refractivity contribution is 0.0442. The summed E-state index contributed by atoms with van der Waals surface area (Å²) < 4.78 is 5.34. The Morgan fingerprint density at radius 3 is 2.42 bits per heavy atom. The normalized spacial score (nSPS) is 18.1. The fourth-order valence-electron chi connectivity index (χ4n) is 2.07. The van der Waals surface area contributed by atoms with Crippen molar-refractivity contribution in [1.29, 1.82) is 0 Å². The second-order valence-electron chi connectivity index (χ2n) is 4.58. The van der Waals surface area contributed by atoms with Crippen LogP contribution in [0.1, 0.15) is 23.2 Å². The van der Waals surface area contributed by atoms with Crippen LogP contribution in [-0.4, -0.2) is 30.0 Å². The highest BCUT2D eigenvalue weighted by atomic mass is 79.9. The Balaban J connectivity index is 2.20. The van der Waals surface area contributed by atoms with Crippen LogP contribution in [0, 0.1) is 0 Å². The van der Waals surface area contributed by atoms with E-state index in [1.165, 1.54) is 0 Å². The molecule has 0 unspecified atom stereocenters. The van der Waals surface area contributed by atoms with Gasteiger partial charge in [0.15, 0.2) is 0 Å². The summed E-state index contributed by atoms with van der Waals surface area (Å²) in [5.41, 5.74) is 0.0373. The van der Waals surface area contributed by atoms with Gasteiger partial charge in [-0.3, -0.25) is 4.79 Å². The van der Waals surface area contributed by atoms with Crippen LogP contribution in [0.5, 0.6) is 0 Å². The zero-order valence-electron chi connectivity index (χ0n) is 10.2. The Morgan fingerprint density at radius 2 is 1.89 bits per heavy atom. The minimum Gasteiger partial charge on any atom is -0.381 e. The van der Waals surface area contributed by atoms with E-state index in [2.05, 4.69) is 21.2 Å². The van der Waals surface area contributed by atoms with E-state index in [0.29, 0.717) is 34.2 Å². The van der Waals surface area contributed by atoms with Gasteiger partial charge in [0.2, 0.25) is 0 Å². The zero-order chi connectivity index (χ0) is 13.9. The Bertz CT molecular complexity index is 455. The predicted octanol–water partition coefficient (Wildman–Crippen LogP) is 3.67. The van der Waals surface area contributed by atoms with Gasteiger partial charge < -0.3 is 10.1 Å². The van der Waals surface area contributed by atoms with Crippen molar-refractivity contribution in [3.8, 4) is 0 Å². The quantitative estimate of drug-likeness (QED) is 0.829. The molecule has 1 saturated heterocycles. The third-order valence-corrected chi connectivity index (χ3v) is 4.98. The molecule has 1 aromatic rings. The molecule has 0 aromatic heterocycles. The molecule has 1 fully saturated rings. The van der Waals surface area contributed by atoms with Gasteiger partial charge in [0.05, 0.1) is 21.1 Å². The fourth-order valence-corrected chi connectivity index (χ4v) is 3.34. The van der Waals surface area contributed by atoms with Gasteiger partial charge in [0, 0.05) is 18.5 Å². The third-order valence-electron chi connectivity index (χ3n) is 3.27. The first-order chi connectivity index (χ1) is 9.08. The zero-order valence-corrected chi connectivity index (χ0v) is 13.3. The van der Waals surface area contributed by atoms with Gasteiger partial charge >= 0.3 is 0 Å². The first kappa shape index (κ1) is 15.1. The van der Waals surface area contributed by atoms with E-state index < -0.39 is 0 Å². The Labute approximate surface area is 130 Å². The number of rotatable bonds is 3. The third kappa shape index (κ3) is 3.43. The molecule has 0 atom stereocenters. The van der Waals surface area contributed by atoms with Crippen molar-refractivity contribution in [3.63, 3.8) is 0 Å². The molecule has 1 heterocycles. The standard InChI is InChI=1S/C13H14BrCl2NO2/c14-8-13(4-6-19-7-5-13)17-12(18)11-9(15)2-1-3-10(11)16/h1-3H,4-8H2,(H,17,18). The van der Waals surface area contributed by atoms with Crippen molar-refractivity contribution in [2.24, 2.45) is 0 Å². The number of hydrogen-bond acceptors (Lipinski definition) is 2. The summed E-state index contributed by atoms with van der Waals surface area (Å²) in [6.45, 7) is 1.28. The number of amides is 1. The molecule has 0 spiro atoms. The van der Waals surface area contributed by atoms with Crippen molar-refractivity contribution < 1.29 is 9.53 Å². The Morgan fingerprint density at radius 1 is 1.32 bits per heavy atom. The summed E-state index contributed by atoms with van der Waals surface area (Å²) >= 11 is 15.6. The molecule has 1 amide bonds. The number of alkyl halides is 1. The molecule has 1 aromatic carbocycles. The number of halogens is 3. The molecule has 0 saturated carbocycles. The first-order valence-corrected chi connectivity index (χ1v) is 7.86. The number of carbonyl (C=O) groups is 1. The van der Waals surface area contributed by atoms with E-state index in [0.717, 1.165) is 12.8 Å². The summed E-state index contributed by atoms with van der Waals surface area (Å²) in [7, 11) is 0. The highest BCUT2D eigenvalue weighted by Gasteiger charge is 2.34. The lowest BCUT2D eigenvalue weighted by Gasteiger charge is -2.36. The number of ether oxygens (including phenoxy) is 1. The highest BCUT2D eigenvalue weighted by molar-refractivity contribution is 9.09. The van der Waals surface area contributed by atoms with Gasteiger partial charge in [0.1, 0.15) is 0 Å². The average Bonchev–Trinajstić information content (AvgIpc) is 2.39. The smallest absolute Gasteiger partial charge is 0.254 e. The molecule has 3 nitrogen and oxygen atoms in total. The van der Waals surface area contributed by atoms with Crippen LogP contribution in [-0.2, 0) is 4.74 Å². The predicted molar refractivity (Wildman–Crippen MR) is 80.5 cm³/mol. The van der Waals surface area contributed by atoms with Crippen LogP contribution in [0.4, 0.5) is 0 Å². The van der Waals surface area contributed by atoms with Crippen molar-refractivity contribution >= 4 is 45.0 Å². The van der Waals surface area contributed by atoms with Crippen LogP contribution in [0.2, 0.25) is 10.0 Å². The van der Waals surface area contributed by atoms with E-state index >= 15 is 0 Å². The minimum absolute atomic E-state index is 0.239. The van der Waals surface area contributed by atoms with Gasteiger partial charge in [-0.2, -0.15) is 0 Å². The van der Waals surface area contributed by atoms with E-state index in [9.17, 15) is 4.79 Å². The number of hydrogen-bond donors (Lipinski definition) is 1. The summed E-state index contributed by atoms with van der Waals surface area (Å²) in [6, 6.07) is 5.04. The lowest BCUT2D eigenvalue weighted by atomic mass is 9.92. The number of nitrogens with one attached hydrogen (secondary N) is 1. The second kappa shape index (κ2) is 6.44. The molecule has 0 bridgehead atoms. The largest absolute Gasteiger partial charge is 0.381 e. The molecule has 1 N–H and O–H groups in total. The average molecular weight is 367 g/mol. The first-order valence-electron chi connectivity index (χ1n) is 5.98. The van der Waals surface area contributed by atoms with Crippen LogP contribution in [0.3, 0.4) is 0 Å². The van der Waals surface area contributed by atoms with Crippen molar-refractivity contribution in [2.45, 2.75) is 18.4 Å². The maximum atomic E-state index is 12.4. The summed E-state index contributed by atoms with van der Waals surface area (Å²) in [5, 5.41) is 4.45. The fraction of sp³-hybridized carbons (Fsp3) is 0.462. The van der Waals surface area contributed by atoms with Gasteiger partial charge in [0.25, 0.3) is 5.91 Å². The Kier molecular flexibility index (Phi) is 5.12. The molecule has 0 radical (unpaired) electrons. The Hall–Kier alpha value is -0.290. The highest BCUT2D eigenvalue weighted by Crippen LogP contribution is 2.27. The van der Waals surface area contributed by atoms with E-state index in [1.807, 2.05) is 0 Å². The lowest BCUT2D eigenvalue weighted by Crippen LogP contribution is -2.53. The summed E-state index contributed by atoms with van der Waals surface area (Å²) in [4.78, 5) is 12.4. The molecule has 0 aliphatic carbocycles. The molecule has 19 heavy (non-hydrogen) atoms. The molecule has 1 aliphatic rings. The van der Waals surface area contributed by atoms with Crippen molar-refractivity contribution in [1.82, 2.24) is 5.32 Å². The topological polar surface area (TPSA) is 38.3 Å². The number of carbonyl (C=O) groups excluding carboxylic acids is 1.